The fraction of sp³-hybridized carbons (Fsp3) is 0.714. The molecule has 0 aromatic heterocycles. The van der Waals surface area contributed by atoms with Gasteiger partial charge in [-0.05, 0) is 0 Å². The number of halogens is 2. The second-order valence-electron chi connectivity index (χ2n) is 2.59. The van der Waals surface area contributed by atoms with Crippen molar-refractivity contribution in [1.82, 2.24) is 15.6 Å². The zero-order chi connectivity index (χ0) is 12.4. The molecule has 0 saturated carbocycles. The van der Waals surface area contributed by atoms with Gasteiger partial charge in [-0.1, -0.05) is 0 Å². The maximum atomic E-state index is 11.2. The van der Waals surface area contributed by atoms with E-state index in [1.54, 1.807) is 0 Å². The molecule has 0 bridgehead atoms. The Balaban J connectivity index is 3.86. The van der Waals surface area contributed by atoms with Gasteiger partial charge in [0.2, 0.25) is 5.91 Å². The van der Waals surface area contributed by atoms with E-state index in [2.05, 4.69) is 15.9 Å². The number of nitroso groups, excluding NO2 is 1. The van der Waals surface area contributed by atoms with Crippen molar-refractivity contribution in [2.75, 3.05) is 31.4 Å². The van der Waals surface area contributed by atoms with Gasteiger partial charge in [0.1, 0.15) is 0 Å². The smallest absolute Gasteiger partial charge is 0.340 e. The normalized spacial score (nSPS) is 9.38. The summed E-state index contributed by atoms with van der Waals surface area (Å²) in [5, 5.41) is 7.70. The minimum absolute atomic E-state index is 0.0137. The highest BCUT2D eigenvalue weighted by Crippen LogP contribution is 1.91. The Morgan fingerprint density at radius 2 is 1.88 bits per heavy atom. The first kappa shape index (κ1) is 14.9. The summed E-state index contributed by atoms with van der Waals surface area (Å²) in [6, 6.07) is -0.767. The van der Waals surface area contributed by atoms with E-state index in [9.17, 15) is 14.5 Å². The van der Waals surface area contributed by atoms with Gasteiger partial charge >= 0.3 is 6.03 Å². The van der Waals surface area contributed by atoms with Crippen LogP contribution < -0.4 is 10.6 Å². The van der Waals surface area contributed by atoms with Gasteiger partial charge in [0, 0.05) is 18.3 Å². The number of rotatable bonds is 7. The highest BCUT2D eigenvalue weighted by molar-refractivity contribution is 6.18. The Kier molecular flexibility index (Phi) is 8.55. The molecule has 92 valence electrons. The molecule has 0 spiro atoms. The van der Waals surface area contributed by atoms with Gasteiger partial charge in [0.05, 0.1) is 18.4 Å². The monoisotopic (exact) mass is 270 g/mol. The average molecular weight is 271 g/mol. The molecule has 0 heterocycles. The van der Waals surface area contributed by atoms with Crippen molar-refractivity contribution < 1.29 is 9.59 Å². The van der Waals surface area contributed by atoms with Crippen LogP contribution in [0.25, 0.3) is 0 Å². The largest absolute Gasteiger partial charge is 0.353 e. The van der Waals surface area contributed by atoms with Gasteiger partial charge in [0.25, 0.3) is 0 Å². The van der Waals surface area contributed by atoms with E-state index in [4.69, 9.17) is 23.2 Å². The summed E-state index contributed by atoms with van der Waals surface area (Å²) < 4.78 is 0. The highest BCUT2D eigenvalue weighted by atomic mass is 35.5. The van der Waals surface area contributed by atoms with Crippen LogP contribution in [-0.2, 0) is 4.79 Å². The molecule has 0 unspecified atom stereocenters. The van der Waals surface area contributed by atoms with E-state index >= 15 is 0 Å². The molecule has 2 N–H and O–H groups in total. The Morgan fingerprint density at radius 1 is 1.19 bits per heavy atom. The van der Waals surface area contributed by atoms with E-state index in [1.165, 1.54) is 0 Å². The van der Waals surface area contributed by atoms with Gasteiger partial charge < -0.3 is 10.6 Å². The van der Waals surface area contributed by atoms with E-state index in [0.29, 0.717) is 11.6 Å². The molecule has 0 aliphatic carbocycles. The molecular weight excluding hydrogens is 259 g/mol. The highest BCUT2D eigenvalue weighted by Gasteiger charge is 2.13. The summed E-state index contributed by atoms with van der Waals surface area (Å²) >= 11 is 10.7. The van der Waals surface area contributed by atoms with Crippen molar-refractivity contribution in [2.45, 2.75) is 0 Å². The molecule has 0 aliphatic heterocycles. The second-order valence-corrected chi connectivity index (χ2v) is 3.35. The van der Waals surface area contributed by atoms with Crippen LogP contribution >= 0.6 is 23.2 Å². The van der Waals surface area contributed by atoms with Crippen molar-refractivity contribution in [3.8, 4) is 0 Å². The number of carbonyl (C=O) groups excluding carboxylic acids is 2. The number of amides is 3. The Bertz CT molecular complexity index is 252. The minimum Gasteiger partial charge on any atom is -0.353 e. The first-order chi connectivity index (χ1) is 7.65. The van der Waals surface area contributed by atoms with Crippen molar-refractivity contribution in [3.63, 3.8) is 0 Å². The molecular formula is C7H12Cl2N4O3. The molecule has 0 rings (SSSR count). The number of hydrogen-bond donors (Lipinski definition) is 2. The zero-order valence-electron chi connectivity index (χ0n) is 8.41. The van der Waals surface area contributed by atoms with Crippen molar-refractivity contribution in [1.29, 1.82) is 0 Å². The summed E-state index contributed by atoms with van der Waals surface area (Å²) in [6.07, 6.45) is 0. The minimum atomic E-state index is -0.767. The lowest BCUT2D eigenvalue weighted by Crippen LogP contribution is -2.43. The van der Waals surface area contributed by atoms with Crippen LogP contribution in [0, 0.1) is 4.91 Å². The Morgan fingerprint density at radius 3 is 2.38 bits per heavy atom. The van der Waals surface area contributed by atoms with Crippen molar-refractivity contribution in [2.24, 2.45) is 5.29 Å². The van der Waals surface area contributed by atoms with Gasteiger partial charge in [-0.25, -0.2) is 4.79 Å². The van der Waals surface area contributed by atoms with E-state index in [1.807, 2.05) is 0 Å². The SMILES string of the molecule is O=NN(CCCl)C(=O)NCC(=O)NCCCl. The Hall–Kier alpha value is -1.08. The second kappa shape index (κ2) is 9.17. The fourth-order valence-corrected chi connectivity index (χ4v) is 1.01. The molecule has 0 radical (unpaired) electrons. The molecule has 7 nitrogen and oxygen atoms in total. The lowest BCUT2D eigenvalue weighted by molar-refractivity contribution is -0.120. The number of nitrogens with zero attached hydrogens (tertiary/aromatic N) is 2. The topological polar surface area (TPSA) is 90.9 Å². The zero-order valence-corrected chi connectivity index (χ0v) is 9.92. The number of hydrogen-bond acceptors (Lipinski definition) is 4. The summed E-state index contributed by atoms with van der Waals surface area (Å²) in [4.78, 5) is 32.4. The maximum absolute atomic E-state index is 11.2. The van der Waals surface area contributed by atoms with Gasteiger partial charge in [-0.3, -0.25) is 4.79 Å². The first-order valence-corrected chi connectivity index (χ1v) is 5.49. The Labute approximate surface area is 102 Å². The molecule has 9 heteroatoms. The quantitative estimate of drug-likeness (QED) is 0.395. The summed E-state index contributed by atoms with van der Waals surface area (Å²) in [5.74, 6) is -0.0309. The van der Waals surface area contributed by atoms with E-state index in [-0.39, 0.29) is 24.8 Å². The molecule has 0 aromatic carbocycles. The van der Waals surface area contributed by atoms with Crippen molar-refractivity contribution in [3.05, 3.63) is 4.91 Å². The predicted octanol–water partition coefficient (Wildman–Crippen LogP) is 0.273. The third kappa shape index (κ3) is 6.41. The lowest BCUT2D eigenvalue weighted by Gasteiger charge is -2.12. The molecule has 0 aromatic rings. The van der Waals surface area contributed by atoms with E-state index < -0.39 is 11.9 Å². The molecule has 0 fully saturated rings. The summed E-state index contributed by atoms with van der Waals surface area (Å²) in [5.41, 5.74) is 0. The molecule has 0 atom stereocenters. The molecule has 0 saturated heterocycles. The average Bonchev–Trinajstić information content (AvgIpc) is 2.30. The van der Waals surface area contributed by atoms with Crippen molar-refractivity contribution >= 4 is 35.1 Å². The fourth-order valence-electron chi connectivity index (χ4n) is 0.756. The number of nitrogens with one attached hydrogen (secondary N) is 2. The van der Waals surface area contributed by atoms with Gasteiger partial charge in [0.15, 0.2) is 0 Å². The van der Waals surface area contributed by atoms with E-state index in [0.717, 1.165) is 0 Å². The molecule has 0 aliphatic rings. The summed E-state index contributed by atoms with van der Waals surface area (Å²) in [7, 11) is 0. The van der Waals surface area contributed by atoms with Crippen LogP contribution in [0.3, 0.4) is 0 Å². The van der Waals surface area contributed by atoms with Crippen LogP contribution in [0.5, 0.6) is 0 Å². The molecule has 16 heavy (non-hydrogen) atoms. The standard InChI is InChI=1S/C7H12Cl2N4O3/c8-1-3-10-6(14)5-11-7(15)13(12-16)4-2-9/h1-5H2,(H,10,14)(H,11,15). The summed E-state index contributed by atoms with van der Waals surface area (Å²) in [6.45, 7) is 0.0534. The number of carbonyl (C=O) groups is 2. The van der Waals surface area contributed by atoms with Crippen LogP contribution in [0.15, 0.2) is 5.29 Å². The maximum Gasteiger partial charge on any atom is 0.340 e. The van der Waals surface area contributed by atoms with Crippen LogP contribution in [0.4, 0.5) is 4.79 Å². The van der Waals surface area contributed by atoms with Gasteiger partial charge in [-0.2, -0.15) is 5.01 Å². The number of urea groups is 1. The van der Waals surface area contributed by atoms with Crippen LogP contribution in [-0.4, -0.2) is 48.3 Å². The third-order valence-corrected chi connectivity index (χ3v) is 1.80. The lowest BCUT2D eigenvalue weighted by atomic mass is 10.5. The third-order valence-electron chi connectivity index (χ3n) is 1.45. The van der Waals surface area contributed by atoms with Gasteiger partial charge in [-0.15, -0.1) is 28.1 Å². The van der Waals surface area contributed by atoms with Crippen LogP contribution in [0.1, 0.15) is 0 Å². The molecule has 3 amide bonds. The predicted molar refractivity (Wildman–Crippen MR) is 60.3 cm³/mol. The number of alkyl halides is 2. The first-order valence-electron chi connectivity index (χ1n) is 4.43. The van der Waals surface area contributed by atoms with Crippen LogP contribution in [0.2, 0.25) is 0 Å².